The highest BCUT2D eigenvalue weighted by Gasteiger charge is 2.46. The quantitative estimate of drug-likeness (QED) is 0.0413. The Morgan fingerprint density at radius 1 is 0.431 bits per heavy atom. The monoisotopic (exact) mass is 727 g/mol. The third-order valence-corrected chi connectivity index (χ3v) is 8.49. The molecule has 0 aliphatic heterocycles. The molecule has 0 saturated heterocycles. The van der Waals surface area contributed by atoms with Crippen LogP contribution < -0.4 is 5.32 Å². The van der Waals surface area contributed by atoms with Gasteiger partial charge in [-0.15, -0.1) is 0 Å². The minimum atomic E-state index is -1.76. The van der Waals surface area contributed by atoms with Gasteiger partial charge in [0.2, 0.25) is 6.10 Å². The van der Waals surface area contributed by atoms with E-state index in [0.717, 1.165) is 53.9 Å². The highest BCUT2D eigenvalue weighted by Crippen LogP contribution is 2.21. The molecule has 0 aromatic heterocycles. The van der Waals surface area contributed by atoms with Crippen molar-refractivity contribution in [2.45, 2.75) is 201 Å². The van der Waals surface area contributed by atoms with E-state index >= 15 is 0 Å². The number of esters is 5. The van der Waals surface area contributed by atoms with Crippen LogP contribution in [-0.2, 0) is 52.5 Å². The number of ether oxygens (including phenoxy) is 5. The lowest BCUT2D eigenvalue weighted by molar-refractivity contribution is -0.203. The van der Waals surface area contributed by atoms with E-state index in [1.54, 1.807) is 0 Å². The summed E-state index contributed by atoms with van der Waals surface area (Å²) in [5.41, 5.74) is 0. The maximum absolute atomic E-state index is 13.3. The van der Waals surface area contributed by atoms with Crippen molar-refractivity contribution in [2.24, 2.45) is 0 Å². The van der Waals surface area contributed by atoms with E-state index in [2.05, 4.69) is 12.2 Å². The topological polar surface area (TPSA) is 161 Å². The second-order valence-corrected chi connectivity index (χ2v) is 13.5. The van der Waals surface area contributed by atoms with Crippen LogP contribution in [-0.4, -0.2) is 73.3 Å². The molecule has 0 radical (unpaired) electrons. The second-order valence-electron chi connectivity index (χ2n) is 13.5. The summed E-state index contributed by atoms with van der Waals surface area (Å²) in [7, 11) is 0. The van der Waals surface area contributed by atoms with Gasteiger partial charge < -0.3 is 29.0 Å². The Kier molecular flexibility index (Phi) is 29.6. The third-order valence-electron chi connectivity index (χ3n) is 8.49. The van der Waals surface area contributed by atoms with E-state index < -0.39 is 66.8 Å². The van der Waals surface area contributed by atoms with E-state index in [-0.39, 0.29) is 6.54 Å². The maximum atomic E-state index is 13.3. The zero-order valence-corrected chi connectivity index (χ0v) is 32.6. The Morgan fingerprint density at radius 3 is 1.14 bits per heavy atom. The number of carbonyl (C=O) groups excluding carboxylic acids is 6. The molecular weight excluding hydrogens is 658 g/mol. The average molecular weight is 728 g/mol. The van der Waals surface area contributed by atoms with Gasteiger partial charge in [0.05, 0.1) is 0 Å². The molecule has 0 saturated carbocycles. The van der Waals surface area contributed by atoms with Crippen molar-refractivity contribution in [2.75, 3.05) is 13.2 Å². The fourth-order valence-corrected chi connectivity index (χ4v) is 5.97. The summed E-state index contributed by atoms with van der Waals surface area (Å²) in [4.78, 5) is 72.8. The van der Waals surface area contributed by atoms with Crippen molar-refractivity contribution in [1.82, 2.24) is 5.32 Å². The first-order valence-corrected chi connectivity index (χ1v) is 19.5. The van der Waals surface area contributed by atoms with E-state index in [9.17, 15) is 28.8 Å². The van der Waals surface area contributed by atoms with Gasteiger partial charge in [-0.2, -0.15) is 0 Å². The van der Waals surface area contributed by atoms with Gasteiger partial charge in [-0.05, 0) is 6.42 Å². The Hall–Kier alpha value is -3.18. The minimum Gasteiger partial charge on any atom is -0.462 e. The Labute approximate surface area is 307 Å². The second kappa shape index (κ2) is 31.5. The minimum absolute atomic E-state index is 0.265. The normalized spacial score (nSPS) is 13.3. The standard InChI is InChI=1S/C39H69NO11/c1-7-8-9-10-11-12-13-14-15-16-17-18-19-20-21-22-23-24-25-26-27-28-40-39(46)38(51-34(6)45)37(50-33(5)44)36(49-32(4)43)35(48-31(3)42)29-47-30(2)41/h35-38H,7-29H2,1-6H3,(H,40,46)/t35-,36+,37-,38+/m0/s1. The van der Waals surface area contributed by atoms with Gasteiger partial charge in [-0.1, -0.05) is 135 Å². The SMILES string of the molecule is CCCCCCCCCCCCCCCCCCCCCCCNC(=O)[C@H](OC(C)=O)[C@@H](OC(C)=O)[C@H](OC(C)=O)[C@H](COC(C)=O)OC(C)=O. The van der Waals surface area contributed by atoms with Crippen LogP contribution in [0.1, 0.15) is 176 Å². The van der Waals surface area contributed by atoms with Gasteiger partial charge in [0.1, 0.15) is 6.61 Å². The van der Waals surface area contributed by atoms with Crippen molar-refractivity contribution in [3.63, 3.8) is 0 Å². The Bertz CT molecular complexity index is 986. The summed E-state index contributed by atoms with van der Waals surface area (Å²) < 4.78 is 26.1. The summed E-state index contributed by atoms with van der Waals surface area (Å²) in [6.45, 7) is 7.30. The van der Waals surface area contributed by atoms with Gasteiger partial charge in [-0.25, -0.2) is 0 Å². The molecule has 51 heavy (non-hydrogen) atoms. The number of unbranched alkanes of at least 4 members (excludes halogenated alkanes) is 20. The average Bonchev–Trinajstić information content (AvgIpc) is 3.05. The van der Waals surface area contributed by atoms with Crippen LogP contribution in [0.25, 0.3) is 0 Å². The van der Waals surface area contributed by atoms with Crippen LogP contribution in [0.4, 0.5) is 0 Å². The number of nitrogens with one attached hydrogen (secondary N) is 1. The predicted molar refractivity (Wildman–Crippen MR) is 194 cm³/mol. The molecule has 0 spiro atoms. The van der Waals surface area contributed by atoms with Gasteiger partial charge >= 0.3 is 29.8 Å². The van der Waals surface area contributed by atoms with Crippen LogP contribution in [0.5, 0.6) is 0 Å². The molecule has 0 aliphatic carbocycles. The van der Waals surface area contributed by atoms with Crippen molar-refractivity contribution in [1.29, 1.82) is 0 Å². The maximum Gasteiger partial charge on any atom is 0.303 e. The fourth-order valence-electron chi connectivity index (χ4n) is 5.97. The fraction of sp³-hybridized carbons (Fsp3) is 0.846. The van der Waals surface area contributed by atoms with Crippen molar-refractivity contribution in [3.8, 4) is 0 Å². The van der Waals surface area contributed by atoms with E-state index in [4.69, 9.17) is 23.7 Å². The van der Waals surface area contributed by atoms with Crippen molar-refractivity contribution < 1.29 is 52.5 Å². The predicted octanol–water partition coefficient (Wildman–Crippen LogP) is 7.60. The molecule has 12 nitrogen and oxygen atoms in total. The van der Waals surface area contributed by atoms with Crippen LogP contribution in [0, 0.1) is 0 Å². The molecule has 4 atom stereocenters. The van der Waals surface area contributed by atoms with Gasteiger partial charge in [0.15, 0.2) is 18.3 Å². The number of hydrogen-bond acceptors (Lipinski definition) is 11. The molecule has 0 aliphatic rings. The molecule has 0 heterocycles. The summed E-state index contributed by atoms with van der Waals surface area (Å²) in [5, 5.41) is 2.70. The lowest BCUT2D eigenvalue weighted by Crippen LogP contribution is -2.57. The first-order chi connectivity index (χ1) is 24.4. The number of amides is 1. The Morgan fingerprint density at radius 2 is 0.784 bits per heavy atom. The molecule has 12 heteroatoms. The van der Waals surface area contributed by atoms with Gasteiger partial charge in [-0.3, -0.25) is 28.8 Å². The molecule has 0 aromatic rings. The lowest BCUT2D eigenvalue weighted by atomic mass is 10.0. The molecule has 296 valence electrons. The largest absolute Gasteiger partial charge is 0.462 e. The molecule has 0 rings (SSSR count). The molecular formula is C39H69NO11. The molecule has 0 bridgehead atoms. The summed E-state index contributed by atoms with van der Waals surface area (Å²) in [6.07, 6.45) is 19.9. The van der Waals surface area contributed by atoms with E-state index in [1.165, 1.54) is 109 Å². The van der Waals surface area contributed by atoms with Crippen molar-refractivity contribution in [3.05, 3.63) is 0 Å². The van der Waals surface area contributed by atoms with E-state index in [1.807, 2.05) is 0 Å². The van der Waals surface area contributed by atoms with E-state index in [0.29, 0.717) is 6.42 Å². The van der Waals surface area contributed by atoms with Crippen LogP contribution in [0.15, 0.2) is 0 Å². The first-order valence-electron chi connectivity index (χ1n) is 19.5. The van der Waals surface area contributed by atoms with Crippen LogP contribution in [0.3, 0.4) is 0 Å². The summed E-state index contributed by atoms with van der Waals surface area (Å²) in [5.74, 6) is -4.98. The lowest BCUT2D eigenvalue weighted by Gasteiger charge is -2.34. The Balaban J connectivity index is 4.61. The highest BCUT2D eigenvalue weighted by molar-refractivity contribution is 5.84. The summed E-state index contributed by atoms with van der Waals surface area (Å²) in [6, 6.07) is 0. The molecule has 1 amide bonds. The number of rotatable bonds is 32. The molecule has 0 unspecified atom stereocenters. The van der Waals surface area contributed by atoms with Crippen molar-refractivity contribution >= 4 is 35.8 Å². The summed E-state index contributed by atoms with van der Waals surface area (Å²) >= 11 is 0. The molecule has 0 aromatic carbocycles. The first kappa shape index (κ1) is 47.8. The van der Waals surface area contributed by atoms with Gasteiger partial charge in [0, 0.05) is 41.2 Å². The zero-order valence-electron chi connectivity index (χ0n) is 32.6. The smallest absolute Gasteiger partial charge is 0.303 e. The molecule has 1 N–H and O–H groups in total. The van der Waals surface area contributed by atoms with Gasteiger partial charge in [0.25, 0.3) is 5.91 Å². The third kappa shape index (κ3) is 28.1. The number of hydrogen-bond donors (Lipinski definition) is 1. The zero-order chi connectivity index (χ0) is 38.3. The highest BCUT2D eigenvalue weighted by atomic mass is 16.6. The number of carbonyl (C=O) groups is 6. The molecule has 0 fully saturated rings. The van der Waals surface area contributed by atoms with Crippen LogP contribution >= 0.6 is 0 Å². The van der Waals surface area contributed by atoms with Crippen LogP contribution in [0.2, 0.25) is 0 Å².